The molecule has 2 bridgehead atoms. The Bertz CT molecular complexity index is 245. The molecule has 2 heterocycles. The Balaban J connectivity index is 2.41. The lowest BCUT2D eigenvalue weighted by atomic mass is 10.2. The van der Waals surface area contributed by atoms with Gasteiger partial charge in [0.2, 0.25) is 0 Å². The number of ether oxygens (including phenoxy) is 2. The molecule has 11 heavy (non-hydrogen) atoms. The molecule has 0 saturated carbocycles. The van der Waals surface area contributed by atoms with Crippen LogP contribution in [0.4, 0.5) is 0 Å². The summed E-state index contributed by atoms with van der Waals surface area (Å²) in [6, 6.07) is 7.58. The van der Waals surface area contributed by atoms with Crippen LogP contribution in [0.2, 0.25) is 0 Å². The van der Waals surface area contributed by atoms with Crippen molar-refractivity contribution in [3.05, 3.63) is 29.8 Å². The number of fused-ring (bicyclic) bond motifs is 5. The molecule has 1 aromatic carbocycles. The van der Waals surface area contributed by atoms with Crippen LogP contribution in [0, 0.1) is 0 Å². The van der Waals surface area contributed by atoms with Crippen LogP contribution in [-0.4, -0.2) is 6.79 Å². The lowest BCUT2D eigenvalue weighted by molar-refractivity contribution is -0.0377. The van der Waals surface area contributed by atoms with Crippen LogP contribution >= 0.6 is 0 Å². The fourth-order valence-electron chi connectivity index (χ4n) is 1.03. The lowest BCUT2D eigenvalue weighted by Crippen LogP contribution is -2.19. The van der Waals surface area contributed by atoms with E-state index < -0.39 is 0 Å². The zero-order valence-corrected chi connectivity index (χ0v) is 5.99. The third-order valence-electron chi connectivity index (χ3n) is 1.68. The van der Waals surface area contributed by atoms with E-state index in [2.05, 4.69) is 0 Å². The number of benzene rings is 1. The highest BCUT2D eigenvalue weighted by Crippen LogP contribution is 2.20. The second-order valence-corrected chi connectivity index (χ2v) is 2.42. The molecule has 0 radical (unpaired) electrons. The largest absolute Gasteiger partial charge is 0.467 e. The minimum atomic E-state index is -0.357. The molecule has 3 rings (SSSR count). The third-order valence-corrected chi connectivity index (χ3v) is 1.68. The van der Waals surface area contributed by atoms with Crippen LogP contribution < -0.4 is 10.5 Å². The second-order valence-electron chi connectivity index (χ2n) is 2.42. The zero-order valence-electron chi connectivity index (χ0n) is 5.99. The first-order valence-corrected chi connectivity index (χ1v) is 3.46. The molecule has 2 aliphatic heterocycles. The van der Waals surface area contributed by atoms with E-state index in [1.165, 1.54) is 0 Å². The first-order chi connectivity index (χ1) is 5.36. The van der Waals surface area contributed by atoms with Crippen molar-refractivity contribution in [2.45, 2.75) is 6.23 Å². The molecule has 0 spiro atoms. The van der Waals surface area contributed by atoms with E-state index in [0.717, 1.165) is 11.3 Å². The fourth-order valence-corrected chi connectivity index (χ4v) is 1.03. The van der Waals surface area contributed by atoms with Gasteiger partial charge in [-0.25, -0.2) is 0 Å². The van der Waals surface area contributed by atoms with Crippen LogP contribution in [0.25, 0.3) is 0 Å². The summed E-state index contributed by atoms with van der Waals surface area (Å²) in [5.41, 5.74) is 6.62. The molecule has 3 heteroatoms. The maximum Gasteiger partial charge on any atom is 0.191 e. The summed E-state index contributed by atoms with van der Waals surface area (Å²) in [6.07, 6.45) is -0.357. The van der Waals surface area contributed by atoms with Gasteiger partial charge in [-0.3, -0.25) is 0 Å². The third kappa shape index (κ3) is 1.20. The Morgan fingerprint density at radius 2 is 2.00 bits per heavy atom. The monoisotopic (exact) mass is 151 g/mol. The highest BCUT2D eigenvalue weighted by molar-refractivity contribution is 5.28. The van der Waals surface area contributed by atoms with Crippen LogP contribution in [0.5, 0.6) is 5.75 Å². The lowest BCUT2D eigenvalue weighted by Gasteiger charge is -2.17. The van der Waals surface area contributed by atoms with Crippen molar-refractivity contribution in [2.75, 3.05) is 6.79 Å². The van der Waals surface area contributed by atoms with E-state index in [-0.39, 0.29) is 13.0 Å². The average molecular weight is 151 g/mol. The summed E-state index contributed by atoms with van der Waals surface area (Å²) in [6.45, 7) is 0.231. The van der Waals surface area contributed by atoms with E-state index in [1.807, 2.05) is 24.3 Å². The van der Waals surface area contributed by atoms with E-state index in [0.29, 0.717) is 0 Å². The summed E-state index contributed by atoms with van der Waals surface area (Å²) < 4.78 is 10.3. The minimum absolute atomic E-state index is 0.231. The van der Waals surface area contributed by atoms with Gasteiger partial charge in [-0.2, -0.15) is 0 Å². The van der Waals surface area contributed by atoms with Crippen LogP contribution in [0.1, 0.15) is 11.8 Å². The highest BCUT2D eigenvalue weighted by Gasteiger charge is 2.09. The molecule has 0 amide bonds. The van der Waals surface area contributed by atoms with E-state index in [9.17, 15) is 0 Å². The Labute approximate surface area is 64.7 Å². The molecule has 0 saturated heterocycles. The van der Waals surface area contributed by atoms with Crippen molar-refractivity contribution in [3.8, 4) is 5.75 Å². The van der Waals surface area contributed by atoms with Gasteiger partial charge < -0.3 is 15.2 Å². The molecule has 1 aromatic rings. The molecule has 1 atom stereocenters. The number of rotatable bonds is 0. The van der Waals surface area contributed by atoms with Crippen molar-refractivity contribution in [1.29, 1.82) is 0 Å². The van der Waals surface area contributed by atoms with Crippen LogP contribution in [0.3, 0.4) is 0 Å². The molecule has 0 fully saturated rings. The van der Waals surface area contributed by atoms with Crippen molar-refractivity contribution in [2.24, 2.45) is 5.73 Å². The van der Waals surface area contributed by atoms with Gasteiger partial charge in [0.15, 0.2) is 6.79 Å². The number of hydrogen-bond acceptors (Lipinski definition) is 3. The smallest absolute Gasteiger partial charge is 0.191 e. The van der Waals surface area contributed by atoms with Gasteiger partial charge in [0, 0.05) is 0 Å². The summed E-state index contributed by atoms with van der Waals surface area (Å²) in [4.78, 5) is 0. The molecular formula is C8H9NO2. The predicted octanol–water partition coefficient (Wildman–Crippen LogP) is 1.01. The number of hydrogen-bond donors (Lipinski definition) is 1. The topological polar surface area (TPSA) is 44.5 Å². The molecule has 2 N–H and O–H groups in total. The molecular weight excluding hydrogens is 142 g/mol. The van der Waals surface area contributed by atoms with Gasteiger partial charge in [-0.05, 0) is 17.7 Å². The molecule has 3 nitrogen and oxygen atoms in total. The Kier molecular flexibility index (Phi) is 1.52. The van der Waals surface area contributed by atoms with E-state index >= 15 is 0 Å². The SMILES string of the molecule is NC1OCOc2ccc1cc2. The second kappa shape index (κ2) is 2.53. The molecule has 58 valence electrons. The summed E-state index contributed by atoms with van der Waals surface area (Å²) >= 11 is 0. The first kappa shape index (κ1) is 6.64. The van der Waals surface area contributed by atoms with E-state index in [4.69, 9.17) is 15.2 Å². The summed E-state index contributed by atoms with van der Waals surface area (Å²) in [5, 5.41) is 0. The van der Waals surface area contributed by atoms with Gasteiger partial charge in [-0.1, -0.05) is 12.1 Å². The molecule has 0 aromatic heterocycles. The molecule has 0 aliphatic carbocycles. The maximum atomic E-state index is 5.63. The van der Waals surface area contributed by atoms with Gasteiger partial charge in [0.25, 0.3) is 0 Å². The van der Waals surface area contributed by atoms with Crippen molar-refractivity contribution in [3.63, 3.8) is 0 Å². The maximum absolute atomic E-state index is 5.63. The zero-order chi connectivity index (χ0) is 7.68. The van der Waals surface area contributed by atoms with Crippen LogP contribution in [-0.2, 0) is 4.74 Å². The highest BCUT2D eigenvalue weighted by atomic mass is 16.7. The Morgan fingerprint density at radius 3 is 2.73 bits per heavy atom. The normalized spacial score (nSPS) is 22.1. The van der Waals surface area contributed by atoms with Crippen molar-refractivity contribution in [1.82, 2.24) is 0 Å². The van der Waals surface area contributed by atoms with Gasteiger partial charge in [-0.15, -0.1) is 0 Å². The van der Waals surface area contributed by atoms with Gasteiger partial charge in [0.1, 0.15) is 12.0 Å². The van der Waals surface area contributed by atoms with Gasteiger partial charge in [0.05, 0.1) is 0 Å². The summed E-state index contributed by atoms with van der Waals surface area (Å²) in [7, 11) is 0. The minimum Gasteiger partial charge on any atom is -0.467 e. The standard InChI is InChI=1S/C8H9NO2/c9-8-6-1-3-7(4-2-6)10-5-11-8/h1-4,8H,5,9H2. The van der Waals surface area contributed by atoms with Crippen molar-refractivity contribution >= 4 is 0 Å². The quantitative estimate of drug-likeness (QED) is 0.601. The van der Waals surface area contributed by atoms with Gasteiger partial charge >= 0.3 is 0 Å². The molecule has 2 aliphatic rings. The average Bonchev–Trinajstić information content (AvgIpc) is 2.01. The fraction of sp³-hybridized carbons (Fsp3) is 0.250. The first-order valence-electron chi connectivity index (χ1n) is 3.46. The Morgan fingerprint density at radius 1 is 1.27 bits per heavy atom. The molecule has 1 unspecified atom stereocenters. The van der Waals surface area contributed by atoms with Crippen molar-refractivity contribution < 1.29 is 9.47 Å². The Hall–Kier alpha value is -1.06. The number of nitrogens with two attached hydrogens (primary N) is 1. The van der Waals surface area contributed by atoms with E-state index in [1.54, 1.807) is 0 Å². The predicted molar refractivity (Wildman–Crippen MR) is 40.0 cm³/mol. The van der Waals surface area contributed by atoms with Crippen LogP contribution in [0.15, 0.2) is 24.3 Å². The summed E-state index contributed by atoms with van der Waals surface area (Å²) in [5.74, 6) is 0.820.